The fraction of sp³-hybridized carbons (Fsp3) is 1.00. The zero-order chi connectivity index (χ0) is 13.5. The van der Waals surface area contributed by atoms with Gasteiger partial charge in [0, 0.05) is 6.04 Å². The Hall–Kier alpha value is -0.0800. The molecular formula is C17H34N2. The molecule has 0 radical (unpaired) electrons. The summed E-state index contributed by atoms with van der Waals surface area (Å²) >= 11 is 0. The molecule has 19 heavy (non-hydrogen) atoms. The van der Waals surface area contributed by atoms with Gasteiger partial charge in [-0.15, -0.1) is 0 Å². The third kappa shape index (κ3) is 5.43. The van der Waals surface area contributed by atoms with Gasteiger partial charge in [0.15, 0.2) is 0 Å². The molecule has 2 fully saturated rings. The van der Waals surface area contributed by atoms with Crippen molar-refractivity contribution in [1.82, 2.24) is 10.2 Å². The van der Waals surface area contributed by atoms with E-state index in [0.717, 1.165) is 17.9 Å². The Morgan fingerprint density at radius 3 is 2.47 bits per heavy atom. The first-order valence-electron chi connectivity index (χ1n) is 8.69. The third-order valence-electron chi connectivity index (χ3n) is 5.49. The quantitative estimate of drug-likeness (QED) is 0.764. The van der Waals surface area contributed by atoms with Crippen molar-refractivity contribution < 1.29 is 0 Å². The van der Waals surface area contributed by atoms with E-state index in [0.29, 0.717) is 0 Å². The average Bonchev–Trinajstić information content (AvgIpc) is 2.66. The first kappa shape index (κ1) is 15.3. The van der Waals surface area contributed by atoms with Crippen LogP contribution in [0.4, 0.5) is 0 Å². The molecule has 1 N–H and O–H groups in total. The van der Waals surface area contributed by atoms with Crippen LogP contribution in [-0.2, 0) is 0 Å². The Morgan fingerprint density at radius 2 is 1.74 bits per heavy atom. The summed E-state index contributed by atoms with van der Waals surface area (Å²) in [5.41, 5.74) is 0. The summed E-state index contributed by atoms with van der Waals surface area (Å²) < 4.78 is 0. The van der Waals surface area contributed by atoms with Gasteiger partial charge in [-0.05, 0) is 77.0 Å². The zero-order valence-electron chi connectivity index (χ0n) is 13.2. The Balaban J connectivity index is 1.57. The third-order valence-corrected chi connectivity index (χ3v) is 5.49. The molecule has 0 aromatic heterocycles. The van der Waals surface area contributed by atoms with Crippen LogP contribution in [0.3, 0.4) is 0 Å². The Morgan fingerprint density at radius 1 is 0.947 bits per heavy atom. The highest BCUT2D eigenvalue weighted by Crippen LogP contribution is 2.25. The van der Waals surface area contributed by atoms with Gasteiger partial charge in [-0.3, -0.25) is 0 Å². The molecule has 2 rings (SSSR count). The van der Waals surface area contributed by atoms with Crippen LogP contribution >= 0.6 is 0 Å². The topological polar surface area (TPSA) is 15.3 Å². The molecule has 0 amide bonds. The number of nitrogens with zero attached hydrogens (tertiary/aromatic N) is 1. The predicted molar refractivity (Wildman–Crippen MR) is 83.5 cm³/mol. The Bertz CT molecular complexity index is 233. The Labute approximate surface area is 120 Å². The number of piperidine rings is 1. The second-order valence-electron chi connectivity index (χ2n) is 6.97. The number of nitrogens with one attached hydrogen (secondary N) is 1. The van der Waals surface area contributed by atoms with Crippen molar-refractivity contribution >= 4 is 0 Å². The second-order valence-corrected chi connectivity index (χ2v) is 6.97. The minimum absolute atomic E-state index is 0.822. The zero-order valence-corrected chi connectivity index (χ0v) is 13.2. The highest BCUT2D eigenvalue weighted by Gasteiger charge is 2.19. The van der Waals surface area contributed by atoms with Crippen LogP contribution in [0.5, 0.6) is 0 Å². The standard InChI is InChI=1S/C17H34N2/c1-3-15-5-4-6-17(8-7-15)18-12-9-16-10-13-19(2)14-11-16/h15-18H,3-14H2,1-2H3. The van der Waals surface area contributed by atoms with E-state index < -0.39 is 0 Å². The SMILES string of the molecule is CCC1CCCC(NCCC2CCN(C)CC2)CC1. The second kappa shape index (κ2) is 8.26. The highest BCUT2D eigenvalue weighted by molar-refractivity contribution is 4.76. The van der Waals surface area contributed by atoms with E-state index in [1.54, 1.807) is 0 Å². The van der Waals surface area contributed by atoms with Gasteiger partial charge in [-0.25, -0.2) is 0 Å². The normalized spacial score (nSPS) is 31.3. The van der Waals surface area contributed by atoms with Gasteiger partial charge >= 0.3 is 0 Å². The fourth-order valence-corrected chi connectivity index (χ4v) is 3.83. The van der Waals surface area contributed by atoms with Gasteiger partial charge in [-0.1, -0.05) is 26.2 Å². The molecule has 2 aliphatic rings. The van der Waals surface area contributed by atoms with E-state index in [4.69, 9.17) is 0 Å². The molecule has 1 saturated heterocycles. The summed E-state index contributed by atoms with van der Waals surface area (Å²) in [6.07, 6.45) is 12.9. The lowest BCUT2D eigenvalue weighted by molar-refractivity contribution is 0.210. The summed E-state index contributed by atoms with van der Waals surface area (Å²) in [4.78, 5) is 2.47. The van der Waals surface area contributed by atoms with E-state index >= 15 is 0 Å². The van der Waals surface area contributed by atoms with Crippen molar-refractivity contribution in [3.8, 4) is 0 Å². The van der Waals surface area contributed by atoms with Crippen LogP contribution in [0.2, 0.25) is 0 Å². The lowest BCUT2D eigenvalue weighted by Crippen LogP contribution is -2.34. The first-order chi connectivity index (χ1) is 9.28. The largest absolute Gasteiger partial charge is 0.314 e. The smallest absolute Gasteiger partial charge is 0.00671 e. The molecule has 2 atom stereocenters. The molecule has 0 spiro atoms. The molecule has 1 saturated carbocycles. The van der Waals surface area contributed by atoms with E-state index in [1.807, 2.05) is 0 Å². The Kier molecular flexibility index (Phi) is 6.66. The van der Waals surface area contributed by atoms with Gasteiger partial charge in [0.2, 0.25) is 0 Å². The van der Waals surface area contributed by atoms with Crippen molar-refractivity contribution in [3.63, 3.8) is 0 Å². The number of likely N-dealkylation sites (tertiary alicyclic amines) is 1. The summed E-state index contributed by atoms with van der Waals surface area (Å²) in [7, 11) is 2.25. The molecule has 1 aliphatic heterocycles. The molecule has 2 nitrogen and oxygen atoms in total. The van der Waals surface area contributed by atoms with Crippen molar-refractivity contribution in [1.29, 1.82) is 0 Å². The van der Waals surface area contributed by atoms with Crippen LogP contribution in [0, 0.1) is 11.8 Å². The molecule has 2 unspecified atom stereocenters. The molecule has 2 heteroatoms. The van der Waals surface area contributed by atoms with E-state index in [1.165, 1.54) is 77.4 Å². The van der Waals surface area contributed by atoms with E-state index in [2.05, 4.69) is 24.2 Å². The van der Waals surface area contributed by atoms with E-state index in [-0.39, 0.29) is 0 Å². The van der Waals surface area contributed by atoms with Crippen molar-refractivity contribution in [3.05, 3.63) is 0 Å². The minimum Gasteiger partial charge on any atom is -0.314 e. The van der Waals surface area contributed by atoms with Crippen LogP contribution in [0.1, 0.15) is 64.7 Å². The molecule has 1 aliphatic carbocycles. The number of hydrogen-bond donors (Lipinski definition) is 1. The van der Waals surface area contributed by atoms with Crippen LogP contribution in [-0.4, -0.2) is 37.6 Å². The summed E-state index contributed by atoms with van der Waals surface area (Å²) in [6, 6.07) is 0.822. The number of hydrogen-bond acceptors (Lipinski definition) is 2. The fourth-order valence-electron chi connectivity index (χ4n) is 3.83. The van der Waals surface area contributed by atoms with Gasteiger partial charge in [0.1, 0.15) is 0 Å². The minimum atomic E-state index is 0.822. The van der Waals surface area contributed by atoms with Gasteiger partial charge < -0.3 is 10.2 Å². The summed E-state index contributed by atoms with van der Waals surface area (Å²) in [6.45, 7) is 6.24. The summed E-state index contributed by atoms with van der Waals surface area (Å²) in [5.74, 6) is 2.00. The lowest BCUT2D eigenvalue weighted by Gasteiger charge is -2.29. The molecule has 1 heterocycles. The van der Waals surface area contributed by atoms with E-state index in [9.17, 15) is 0 Å². The highest BCUT2D eigenvalue weighted by atomic mass is 15.1. The molecular weight excluding hydrogens is 232 g/mol. The predicted octanol–water partition coefficient (Wildman–Crippen LogP) is 3.67. The molecule has 0 bridgehead atoms. The van der Waals surface area contributed by atoms with Gasteiger partial charge in [0.25, 0.3) is 0 Å². The van der Waals surface area contributed by atoms with Crippen LogP contribution in [0.15, 0.2) is 0 Å². The van der Waals surface area contributed by atoms with Crippen molar-refractivity contribution in [2.45, 2.75) is 70.8 Å². The average molecular weight is 266 g/mol. The van der Waals surface area contributed by atoms with Crippen LogP contribution < -0.4 is 5.32 Å². The maximum absolute atomic E-state index is 3.85. The number of rotatable bonds is 5. The first-order valence-corrected chi connectivity index (χ1v) is 8.69. The van der Waals surface area contributed by atoms with Crippen molar-refractivity contribution in [2.24, 2.45) is 11.8 Å². The lowest BCUT2D eigenvalue weighted by atomic mass is 9.93. The molecule has 0 aromatic carbocycles. The van der Waals surface area contributed by atoms with Crippen LogP contribution in [0.25, 0.3) is 0 Å². The summed E-state index contributed by atoms with van der Waals surface area (Å²) in [5, 5.41) is 3.85. The maximum Gasteiger partial charge on any atom is 0.00671 e. The van der Waals surface area contributed by atoms with Gasteiger partial charge in [-0.2, -0.15) is 0 Å². The monoisotopic (exact) mass is 266 g/mol. The molecule has 112 valence electrons. The van der Waals surface area contributed by atoms with Crippen molar-refractivity contribution in [2.75, 3.05) is 26.7 Å². The maximum atomic E-state index is 3.85. The van der Waals surface area contributed by atoms with Gasteiger partial charge in [0.05, 0.1) is 0 Å². The molecule has 0 aromatic rings.